The number of quaternary nitrogens is 1. The van der Waals surface area contributed by atoms with Crippen molar-refractivity contribution in [2.24, 2.45) is 47.3 Å². The molecule has 0 aromatic rings. The molecule has 0 spiro atoms. The molecule has 0 saturated carbocycles. The highest BCUT2D eigenvalue weighted by Crippen LogP contribution is 2.43. The van der Waals surface area contributed by atoms with Crippen molar-refractivity contribution in [3.63, 3.8) is 0 Å². The van der Waals surface area contributed by atoms with Crippen LogP contribution in [0, 0.1) is 47.3 Å². The molecule has 0 bridgehead atoms. The summed E-state index contributed by atoms with van der Waals surface area (Å²) in [7, 11) is 2.40. The highest BCUT2D eigenvalue weighted by atomic mass is 31.2. The zero-order valence-corrected chi connectivity index (χ0v) is 40.9. The van der Waals surface area contributed by atoms with E-state index < -0.39 is 13.7 Å². The van der Waals surface area contributed by atoms with Gasteiger partial charge in [0.05, 0.1) is 40.0 Å². The summed E-state index contributed by atoms with van der Waals surface area (Å²) in [5.74, 6) is 6.17. The molecule has 0 rings (SSSR count). The van der Waals surface area contributed by atoms with Crippen LogP contribution >= 0.6 is 7.60 Å². The van der Waals surface area contributed by atoms with Crippen molar-refractivity contribution in [1.82, 2.24) is 0 Å². The van der Waals surface area contributed by atoms with E-state index in [9.17, 15) is 9.46 Å². The van der Waals surface area contributed by atoms with Crippen molar-refractivity contribution in [2.75, 3.05) is 60.3 Å². The average molecular weight is 820 g/mol. The van der Waals surface area contributed by atoms with Gasteiger partial charge in [-0.3, -0.25) is 4.57 Å². The van der Waals surface area contributed by atoms with Gasteiger partial charge in [0.15, 0.2) is 0 Å². The van der Waals surface area contributed by atoms with Crippen LogP contribution in [-0.2, 0) is 18.6 Å². The molecule has 0 saturated heterocycles. The molecule has 8 heteroatoms. The summed E-state index contributed by atoms with van der Waals surface area (Å²) in [6, 6.07) is 0. The molecule has 0 radical (unpaired) electrons. The number of hydrogen-bond acceptors (Lipinski definition) is 5. The minimum Gasteiger partial charge on any atom is -0.870 e. The van der Waals surface area contributed by atoms with Crippen LogP contribution in [0.1, 0.15) is 198 Å². The monoisotopic (exact) mass is 820 g/mol. The quantitative estimate of drug-likeness (QED) is 0.0377. The number of hydrogen-bond donors (Lipinski definition) is 1. The van der Waals surface area contributed by atoms with E-state index >= 15 is 0 Å². The third-order valence-corrected chi connectivity index (χ3v) is 13.5. The molecule has 340 valence electrons. The molecule has 8 atom stereocenters. The largest absolute Gasteiger partial charge is 0.870 e. The lowest BCUT2D eigenvalue weighted by atomic mass is 9.91. The first-order chi connectivity index (χ1) is 25.8. The Labute approximate surface area is 351 Å². The third-order valence-electron chi connectivity index (χ3n) is 12.0. The Morgan fingerprint density at radius 3 is 1.14 bits per heavy atom. The lowest BCUT2D eigenvalue weighted by Crippen LogP contribution is -2.37. The number of likely N-dealkylation sites (N-methyl/N-ethyl adjacent to an activating group) is 1. The smallest absolute Gasteiger partial charge is 0.331 e. The van der Waals surface area contributed by atoms with Gasteiger partial charge in [-0.25, -0.2) is 0 Å². The molecular formula is C48H102NO6P. The lowest BCUT2D eigenvalue weighted by Gasteiger charge is -2.25. The topological polar surface area (TPSA) is 95.0 Å². The Bertz CT molecular complexity index is 911. The Kier molecular flexibility index (Phi) is 36.0. The number of nitrogens with zero attached hydrogens (tertiary/aromatic N) is 1. The second-order valence-electron chi connectivity index (χ2n) is 20.8. The first-order valence-corrected chi connectivity index (χ1v) is 25.5. The molecule has 0 aliphatic rings. The second-order valence-corrected chi connectivity index (χ2v) is 22.7. The van der Waals surface area contributed by atoms with E-state index in [4.69, 9.17) is 14.0 Å². The summed E-state index contributed by atoms with van der Waals surface area (Å²) >= 11 is 0. The molecule has 0 amide bonds. The molecule has 56 heavy (non-hydrogen) atoms. The summed E-state index contributed by atoms with van der Waals surface area (Å²) in [5.41, 5.74) is 0. The first kappa shape index (κ1) is 58.1. The molecule has 0 aliphatic carbocycles. The van der Waals surface area contributed by atoms with Crippen LogP contribution in [-0.4, -0.2) is 81.2 Å². The first-order valence-electron chi connectivity index (χ1n) is 23.7. The van der Waals surface area contributed by atoms with Gasteiger partial charge in [0.25, 0.3) is 0 Å². The van der Waals surface area contributed by atoms with E-state index in [1.165, 1.54) is 116 Å². The summed E-state index contributed by atoms with van der Waals surface area (Å²) in [5, 5.41) is 0. The Morgan fingerprint density at radius 1 is 0.482 bits per heavy atom. The second kappa shape index (κ2) is 34.7. The third kappa shape index (κ3) is 39.5. The van der Waals surface area contributed by atoms with E-state index in [-0.39, 0.29) is 18.2 Å². The van der Waals surface area contributed by atoms with Crippen molar-refractivity contribution in [1.29, 1.82) is 0 Å². The maximum absolute atomic E-state index is 13.1. The fourth-order valence-electron chi connectivity index (χ4n) is 7.73. The van der Waals surface area contributed by atoms with Crippen LogP contribution in [0.15, 0.2) is 0 Å². The minimum absolute atomic E-state index is 0. The van der Waals surface area contributed by atoms with Gasteiger partial charge in [0.2, 0.25) is 0 Å². The molecule has 2 unspecified atom stereocenters. The van der Waals surface area contributed by atoms with E-state index in [0.717, 1.165) is 48.3 Å². The maximum Gasteiger partial charge on any atom is 0.331 e. The van der Waals surface area contributed by atoms with Gasteiger partial charge in [-0.05, 0) is 60.2 Å². The van der Waals surface area contributed by atoms with Crippen molar-refractivity contribution < 1.29 is 33.4 Å². The Hall–Kier alpha value is -0.0100. The zero-order valence-electron chi connectivity index (χ0n) is 40.0. The van der Waals surface area contributed by atoms with E-state index in [2.05, 4.69) is 90.4 Å². The summed E-state index contributed by atoms with van der Waals surface area (Å²) in [4.78, 5) is 10.7. The Morgan fingerprint density at radius 2 is 0.804 bits per heavy atom. The molecule has 0 heterocycles. The van der Waals surface area contributed by atoms with Gasteiger partial charge in [-0.2, -0.15) is 0 Å². The number of rotatable bonds is 39. The predicted octanol–water partition coefficient (Wildman–Crippen LogP) is 14.1. The van der Waals surface area contributed by atoms with Gasteiger partial charge >= 0.3 is 7.60 Å². The summed E-state index contributed by atoms with van der Waals surface area (Å²) in [6.07, 6.45) is 25.6. The predicted molar refractivity (Wildman–Crippen MR) is 243 cm³/mol. The van der Waals surface area contributed by atoms with E-state index in [1.54, 1.807) is 0 Å². The standard InChI is InChI=1S/C48H100NO5P.H2O/c1-40(2)20-14-22-42(5)24-16-26-44(7)28-18-30-46(9)32-35-52-38-48(39-55(50,51)54-37-34-49(11,12)13)53-36-33-47(10)31-19-29-45(8)27-17-25-43(6)23-15-21-41(3)4;/h40-48H,14-39H2,1-13H3;1H2/t42-,43-,44-,45-,46-,47-,48?;/m1./s1. The average Bonchev–Trinajstić information content (AvgIpc) is 3.05. The molecule has 0 fully saturated rings. The van der Waals surface area contributed by atoms with Crippen LogP contribution in [0.3, 0.4) is 0 Å². The van der Waals surface area contributed by atoms with Crippen LogP contribution in [0.25, 0.3) is 0 Å². The molecule has 2 N–H and O–H groups in total. The SMILES string of the molecule is CC(C)CCC[C@@H](C)CCC[C@@H](C)CCC[C@@H](C)CCOCC(CP(=O)(O)OCC[N+](C)(C)C)OCC[C@H](C)CCC[C@H](C)CCC[C@H](C)CCCC(C)C.[OH-]. The molecule has 0 aliphatic heterocycles. The summed E-state index contributed by atoms with van der Waals surface area (Å²) < 4.78 is 31.7. The van der Waals surface area contributed by atoms with Crippen molar-refractivity contribution in [3.8, 4) is 0 Å². The van der Waals surface area contributed by atoms with Crippen molar-refractivity contribution >= 4 is 7.60 Å². The van der Waals surface area contributed by atoms with Gasteiger partial charge < -0.3 is 28.9 Å². The normalized spacial score (nSPS) is 17.3. The molecule has 0 aromatic heterocycles. The van der Waals surface area contributed by atoms with E-state index in [1.807, 2.05) is 0 Å². The van der Waals surface area contributed by atoms with Crippen LogP contribution in [0.5, 0.6) is 0 Å². The maximum atomic E-state index is 13.1. The fraction of sp³-hybridized carbons (Fsp3) is 1.00. The van der Waals surface area contributed by atoms with Gasteiger partial charge in [-0.1, -0.05) is 185 Å². The molecule has 7 nitrogen and oxygen atoms in total. The summed E-state index contributed by atoms with van der Waals surface area (Å²) in [6.45, 7) is 26.2. The molecular weight excluding hydrogens is 718 g/mol. The minimum atomic E-state index is -3.78. The lowest BCUT2D eigenvalue weighted by molar-refractivity contribution is -0.870. The van der Waals surface area contributed by atoms with Gasteiger partial charge in [-0.15, -0.1) is 0 Å². The van der Waals surface area contributed by atoms with Crippen LogP contribution < -0.4 is 0 Å². The number of ether oxygens (including phenoxy) is 2. The fourth-order valence-corrected chi connectivity index (χ4v) is 8.93. The Balaban J connectivity index is 0. The van der Waals surface area contributed by atoms with Gasteiger partial charge in [0, 0.05) is 13.2 Å². The van der Waals surface area contributed by atoms with Gasteiger partial charge in [0.1, 0.15) is 13.2 Å². The highest BCUT2D eigenvalue weighted by molar-refractivity contribution is 7.52. The van der Waals surface area contributed by atoms with Crippen molar-refractivity contribution in [3.05, 3.63) is 0 Å². The zero-order chi connectivity index (χ0) is 41.7. The molecule has 0 aromatic carbocycles. The van der Waals surface area contributed by atoms with Crippen LogP contribution in [0.2, 0.25) is 0 Å². The van der Waals surface area contributed by atoms with Crippen LogP contribution in [0.4, 0.5) is 0 Å². The van der Waals surface area contributed by atoms with Crippen molar-refractivity contribution in [2.45, 2.75) is 204 Å². The van der Waals surface area contributed by atoms with E-state index in [0.29, 0.717) is 42.7 Å². The highest BCUT2D eigenvalue weighted by Gasteiger charge is 2.27.